The highest BCUT2D eigenvalue weighted by Gasteiger charge is 2.18. The van der Waals surface area contributed by atoms with Crippen molar-refractivity contribution in [3.8, 4) is 0 Å². The number of sulfonamides is 1. The number of nitrogens with zero attached hydrogens (tertiary/aromatic N) is 1. The average molecular weight is 275 g/mol. The van der Waals surface area contributed by atoms with E-state index in [9.17, 15) is 8.42 Å². The monoisotopic (exact) mass is 275 g/mol. The Morgan fingerprint density at radius 1 is 1.39 bits per heavy atom. The van der Waals surface area contributed by atoms with Gasteiger partial charge in [-0.05, 0) is 13.8 Å². The van der Waals surface area contributed by atoms with Crippen molar-refractivity contribution in [2.75, 3.05) is 12.3 Å². The number of aryl methyl sites for hydroxylation is 1. The Morgan fingerprint density at radius 3 is 2.56 bits per heavy atom. The highest BCUT2D eigenvalue weighted by molar-refractivity contribution is 7.89. The van der Waals surface area contributed by atoms with Crippen LogP contribution >= 0.6 is 0 Å². The first-order valence-corrected chi connectivity index (χ1v) is 7.61. The Bertz CT molecular complexity index is 468. The van der Waals surface area contributed by atoms with Crippen LogP contribution < -0.4 is 10.0 Å². The van der Waals surface area contributed by atoms with Gasteiger partial charge in [0.2, 0.25) is 15.9 Å². The summed E-state index contributed by atoms with van der Waals surface area (Å²) in [7, 11) is -3.33. The zero-order chi connectivity index (χ0) is 13.8. The Labute approximate surface area is 108 Å². The van der Waals surface area contributed by atoms with Gasteiger partial charge in [-0.1, -0.05) is 13.8 Å². The van der Waals surface area contributed by atoms with Crippen molar-refractivity contribution in [1.82, 2.24) is 15.0 Å². The summed E-state index contributed by atoms with van der Waals surface area (Å²) in [6.07, 6.45) is 1.57. The SMILES string of the molecule is Cc1cnc(C(C)NS(=O)(=O)CCNC(C)C)o1. The molecule has 1 unspecified atom stereocenters. The molecule has 1 aromatic rings. The molecule has 1 aromatic heterocycles. The minimum absolute atomic E-state index is 0.0369. The van der Waals surface area contributed by atoms with Crippen LogP contribution in [0.25, 0.3) is 0 Å². The van der Waals surface area contributed by atoms with E-state index >= 15 is 0 Å². The molecule has 0 fully saturated rings. The zero-order valence-corrected chi connectivity index (χ0v) is 12.0. The molecule has 0 saturated heterocycles. The third-order valence-corrected chi connectivity index (χ3v) is 3.74. The van der Waals surface area contributed by atoms with Gasteiger partial charge in [0.1, 0.15) is 5.76 Å². The maximum Gasteiger partial charge on any atom is 0.213 e. The largest absolute Gasteiger partial charge is 0.444 e. The van der Waals surface area contributed by atoms with E-state index in [2.05, 4.69) is 15.0 Å². The Morgan fingerprint density at radius 2 is 2.06 bits per heavy atom. The average Bonchev–Trinajstić information content (AvgIpc) is 2.63. The predicted octanol–water partition coefficient (Wildman–Crippen LogP) is 0.961. The number of oxazole rings is 1. The van der Waals surface area contributed by atoms with Crippen molar-refractivity contribution in [3.63, 3.8) is 0 Å². The van der Waals surface area contributed by atoms with Gasteiger partial charge in [0.15, 0.2) is 0 Å². The minimum atomic E-state index is -3.33. The summed E-state index contributed by atoms with van der Waals surface area (Å²) in [5.41, 5.74) is 0. The van der Waals surface area contributed by atoms with E-state index in [1.165, 1.54) is 0 Å². The van der Waals surface area contributed by atoms with Gasteiger partial charge in [0.25, 0.3) is 0 Å². The van der Waals surface area contributed by atoms with Crippen molar-refractivity contribution >= 4 is 10.0 Å². The number of rotatable bonds is 7. The number of hydrogen-bond acceptors (Lipinski definition) is 5. The van der Waals surface area contributed by atoms with Crippen LogP contribution in [0.2, 0.25) is 0 Å². The second kappa shape index (κ2) is 6.31. The molecule has 0 saturated carbocycles. The van der Waals surface area contributed by atoms with Crippen LogP contribution in [-0.2, 0) is 10.0 Å². The fourth-order valence-electron chi connectivity index (χ4n) is 1.43. The molecule has 7 heteroatoms. The van der Waals surface area contributed by atoms with Crippen LogP contribution in [0, 0.1) is 6.92 Å². The van der Waals surface area contributed by atoms with E-state index < -0.39 is 16.1 Å². The molecule has 6 nitrogen and oxygen atoms in total. The molecule has 1 heterocycles. The quantitative estimate of drug-likeness (QED) is 0.774. The van der Waals surface area contributed by atoms with E-state index in [1.54, 1.807) is 20.0 Å². The lowest BCUT2D eigenvalue weighted by Crippen LogP contribution is -2.35. The molecular weight excluding hydrogens is 254 g/mol. The molecule has 1 rings (SSSR count). The summed E-state index contributed by atoms with van der Waals surface area (Å²) in [5, 5.41) is 3.06. The van der Waals surface area contributed by atoms with E-state index in [4.69, 9.17) is 4.42 Å². The molecule has 0 aromatic carbocycles. The van der Waals surface area contributed by atoms with Crippen LogP contribution in [0.3, 0.4) is 0 Å². The molecule has 18 heavy (non-hydrogen) atoms. The lowest BCUT2D eigenvalue weighted by Gasteiger charge is -2.12. The molecule has 0 amide bonds. The fourth-order valence-corrected chi connectivity index (χ4v) is 2.58. The molecule has 0 aliphatic heterocycles. The molecule has 0 aliphatic carbocycles. The van der Waals surface area contributed by atoms with Crippen molar-refractivity contribution in [2.24, 2.45) is 0 Å². The van der Waals surface area contributed by atoms with Crippen LogP contribution in [-0.4, -0.2) is 31.7 Å². The summed E-state index contributed by atoms with van der Waals surface area (Å²) in [5.74, 6) is 1.08. The predicted molar refractivity (Wildman–Crippen MR) is 69.7 cm³/mol. The molecule has 0 radical (unpaired) electrons. The van der Waals surface area contributed by atoms with Crippen molar-refractivity contribution in [3.05, 3.63) is 17.8 Å². The van der Waals surface area contributed by atoms with Crippen molar-refractivity contribution in [2.45, 2.75) is 39.8 Å². The van der Waals surface area contributed by atoms with Crippen LogP contribution in [0.4, 0.5) is 0 Å². The molecule has 2 N–H and O–H groups in total. The van der Waals surface area contributed by atoms with E-state index in [0.717, 1.165) is 0 Å². The molecule has 0 bridgehead atoms. The smallest absolute Gasteiger partial charge is 0.213 e. The van der Waals surface area contributed by atoms with Gasteiger partial charge < -0.3 is 9.73 Å². The van der Waals surface area contributed by atoms with Gasteiger partial charge >= 0.3 is 0 Å². The molecule has 1 atom stereocenters. The molecule has 0 spiro atoms. The number of nitrogens with one attached hydrogen (secondary N) is 2. The fraction of sp³-hybridized carbons (Fsp3) is 0.727. The van der Waals surface area contributed by atoms with Gasteiger partial charge in [-0.3, -0.25) is 0 Å². The lowest BCUT2D eigenvalue weighted by atomic mass is 10.4. The standard InChI is InChI=1S/C11H21N3O3S/c1-8(2)12-5-6-18(15,16)14-10(4)11-13-7-9(3)17-11/h7-8,10,12,14H,5-6H2,1-4H3. The lowest BCUT2D eigenvalue weighted by molar-refractivity contribution is 0.427. The highest BCUT2D eigenvalue weighted by Crippen LogP contribution is 2.12. The first-order valence-electron chi connectivity index (χ1n) is 5.96. The third-order valence-electron chi connectivity index (χ3n) is 2.29. The van der Waals surface area contributed by atoms with Gasteiger partial charge in [-0.15, -0.1) is 0 Å². The second-order valence-electron chi connectivity index (χ2n) is 4.58. The van der Waals surface area contributed by atoms with E-state index in [-0.39, 0.29) is 11.8 Å². The molecular formula is C11H21N3O3S. The highest BCUT2D eigenvalue weighted by atomic mass is 32.2. The maximum atomic E-state index is 11.8. The Hall–Kier alpha value is -0.920. The molecule has 0 aliphatic rings. The molecule has 104 valence electrons. The minimum Gasteiger partial charge on any atom is -0.444 e. The Kier molecular flexibility index (Phi) is 5.30. The summed E-state index contributed by atoms with van der Waals surface area (Å²) in [6.45, 7) is 7.84. The van der Waals surface area contributed by atoms with Crippen LogP contribution in [0.15, 0.2) is 10.6 Å². The summed E-state index contributed by atoms with van der Waals surface area (Å²) < 4.78 is 31.4. The summed E-state index contributed by atoms with van der Waals surface area (Å²) >= 11 is 0. The summed E-state index contributed by atoms with van der Waals surface area (Å²) in [6, 6.07) is -0.185. The summed E-state index contributed by atoms with van der Waals surface area (Å²) in [4.78, 5) is 4.00. The van der Waals surface area contributed by atoms with Gasteiger partial charge in [-0.25, -0.2) is 18.1 Å². The number of hydrogen-bond donors (Lipinski definition) is 2. The maximum absolute atomic E-state index is 11.8. The second-order valence-corrected chi connectivity index (χ2v) is 6.45. The van der Waals surface area contributed by atoms with Crippen molar-refractivity contribution in [1.29, 1.82) is 0 Å². The van der Waals surface area contributed by atoms with Gasteiger partial charge in [0.05, 0.1) is 18.0 Å². The number of aromatic nitrogens is 1. The normalized spacial score (nSPS) is 14.1. The third kappa shape index (κ3) is 5.16. The van der Waals surface area contributed by atoms with Crippen molar-refractivity contribution < 1.29 is 12.8 Å². The van der Waals surface area contributed by atoms with Gasteiger partial charge in [-0.2, -0.15) is 0 Å². The Balaban J connectivity index is 2.50. The first kappa shape index (κ1) is 15.1. The van der Waals surface area contributed by atoms with E-state index in [0.29, 0.717) is 18.2 Å². The van der Waals surface area contributed by atoms with Crippen LogP contribution in [0.5, 0.6) is 0 Å². The topological polar surface area (TPSA) is 84.2 Å². The van der Waals surface area contributed by atoms with Gasteiger partial charge in [0, 0.05) is 12.6 Å². The van der Waals surface area contributed by atoms with Crippen LogP contribution in [0.1, 0.15) is 38.5 Å². The zero-order valence-electron chi connectivity index (χ0n) is 11.2. The first-order chi connectivity index (χ1) is 8.30. The van der Waals surface area contributed by atoms with E-state index in [1.807, 2.05) is 13.8 Å².